The number of rotatable bonds is 5. The van der Waals surface area contributed by atoms with Gasteiger partial charge in [-0.1, -0.05) is 6.07 Å². The third-order valence-electron chi connectivity index (χ3n) is 7.44. The van der Waals surface area contributed by atoms with Crippen molar-refractivity contribution in [3.05, 3.63) is 68.4 Å². The number of piperidine rings is 1. The Morgan fingerprint density at radius 2 is 1.77 bits per heavy atom. The van der Waals surface area contributed by atoms with Crippen LogP contribution in [-0.4, -0.2) is 54.1 Å². The third kappa shape index (κ3) is 5.13. The molecule has 0 amide bonds. The Kier molecular flexibility index (Phi) is 6.92. The Labute approximate surface area is 228 Å². The molecule has 0 spiro atoms. The molecule has 5 rings (SSSR count). The van der Waals surface area contributed by atoms with Crippen molar-refractivity contribution in [3.63, 3.8) is 0 Å². The molecule has 0 radical (unpaired) electrons. The SMILES string of the molecule is Cc1cc(Nc2ncc3c(=O)n(C(C)C)n(-c4ccc(=O)n(C(C)(C)C)n4)c3n2)ccc1C1CCN(C)CC1. The molecule has 0 atom stereocenters. The van der Waals surface area contributed by atoms with Crippen LogP contribution in [0.3, 0.4) is 0 Å². The number of hydrogen-bond donors (Lipinski definition) is 1. The minimum absolute atomic E-state index is 0.172. The zero-order valence-electron chi connectivity index (χ0n) is 23.9. The summed E-state index contributed by atoms with van der Waals surface area (Å²) in [7, 11) is 2.18. The summed E-state index contributed by atoms with van der Waals surface area (Å²) in [4.78, 5) is 37.5. The maximum atomic E-state index is 13.4. The lowest BCUT2D eigenvalue weighted by atomic mass is 9.87. The fraction of sp³-hybridized carbons (Fsp3) is 0.483. The van der Waals surface area contributed by atoms with Crippen molar-refractivity contribution in [2.24, 2.45) is 0 Å². The molecule has 1 aromatic carbocycles. The van der Waals surface area contributed by atoms with E-state index in [1.54, 1.807) is 21.6 Å². The summed E-state index contributed by atoms with van der Waals surface area (Å²) in [5.74, 6) is 1.40. The first kappa shape index (κ1) is 26.8. The lowest BCUT2D eigenvalue weighted by molar-refractivity contribution is 0.255. The molecule has 206 valence electrons. The Balaban J connectivity index is 1.55. The van der Waals surface area contributed by atoms with E-state index >= 15 is 0 Å². The van der Waals surface area contributed by atoms with Gasteiger partial charge >= 0.3 is 0 Å². The van der Waals surface area contributed by atoms with Gasteiger partial charge in [0.2, 0.25) is 5.95 Å². The molecule has 1 aliphatic rings. The van der Waals surface area contributed by atoms with E-state index in [0.29, 0.717) is 28.7 Å². The van der Waals surface area contributed by atoms with Crippen LogP contribution in [0.5, 0.6) is 0 Å². The molecule has 1 fully saturated rings. The van der Waals surface area contributed by atoms with E-state index in [2.05, 4.69) is 52.5 Å². The molecule has 4 heterocycles. The highest BCUT2D eigenvalue weighted by molar-refractivity contribution is 5.77. The molecule has 0 saturated carbocycles. The Bertz CT molecular complexity index is 1630. The first-order chi connectivity index (χ1) is 18.4. The molecule has 3 aromatic heterocycles. The summed E-state index contributed by atoms with van der Waals surface area (Å²) in [5.41, 5.74) is 3.01. The average molecular weight is 531 g/mol. The van der Waals surface area contributed by atoms with Crippen molar-refractivity contribution >= 4 is 22.7 Å². The zero-order valence-corrected chi connectivity index (χ0v) is 23.9. The number of nitrogens with zero attached hydrogens (tertiary/aromatic N) is 7. The van der Waals surface area contributed by atoms with Crippen LogP contribution in [0.25, 0.3) is 16.9 Å². The van der Waals surface area contributed by atoms with E-state index < -0.39 is 5.54 Å². The second-order valence-electron chi connectivity index (χ2n) is 11.9. The van der Waals surface area contributed by atoms with Crippen molar-refractivity contribution in [1.82, 2.24) is 34.0 Å². The van der Waals surface area contributed by atoms with Gasteiger partial charge in [-0.2, -0.15) is 4.98 Å². The average Bonchev–Trinajstić information content (AvgIpc) is 3.16. The monoisotopic (exact) mass is 530 g/mol. The second kappa shape index (κ2) is 10.1. The van der Waals surface area contributed by atoms with Crippen molar-refractivity contribution in [3.8, 4) is 5.82 Å². The summed E-state index contributed by atoms with van der Waals surface area (Å²) in [6.07, 6.45) is 3.90. The Morgan fingerprint density at radius 1 is 1.05 bits per heavy atom. The van der Waals surface area contributed by atoms with Gasteiger partial charge in [-0.3, -0.25) is 9.59 Å². The largest absolute Gasteiger partial charge is 0.324 e. The van der Waals surface area contributed by atoms with Gasteiger partial charge in [0.25, 0.3) is 11.1 Å². The summed E-state index contributed by atoms with van der Waals surface area (Å²) in [5, 5.41) is 8.34. The third-order valence-corrected chi connectivity index (χ3v) is 7.44. The van der Waals surface area contributed by atoms with Gasteiger partial charge in [-0.15, -0.1) is 5.10 Å². The van der Waals surface area contributed by atoms with Gasteiger partial charge in [0.15, 0.2) is 11.5 Å². The van der Waals surface area contributed by atoms with Gasteiger partial charge in [0, 0.05) is 24.0 Å². The van der Waals surface area contributed by atoms with Crippen LogP contribution < -0.4 is 16.4 Å². The highest BCUT2D eigenvalue weighted by Gasteiger charge is 2.23. The molecule has 4 aromatic rings. The minimum atomic E-state index is -0.529. The van der Waals surface area contributed by atoms with Crippen LogP contribution in [0, 0.1) is 6.92 Å². The van der Waals surface area contributed by atoms with Crippen LogP contribution in [0.15, 0.2) is 46.1 Å². The molecule has 0 aliphatic carbocycles. The number of aromatic nitrogens is 6. The number of nitrogens with one attached hydrogen (secondary N) is 1. The molecular formula is C29H38N8O2. The van der Waals surface area contributed by atoms with E-state index in [0.717, 1.165) is 18.8 Å². The van der Waals surface area contributed by atoms with Crippen LogP contribution in [-0.2, 0) is 5.54 Å². The standard InChI is InChI=1S/C29H38N8O2/c1-18(2)35-27(39)23-17-30-28(31-21-8-9-22(19(3)16-21)20-12-14-34(7)15-13-20)32-26(23)36(35)24-10-11-25(38)37(33-24)29(4,5)6/h8-11,16-18,20H,12-15H2,1-7H3,(H,30,31,32). The molecular weight excluding hydrogens is 492 g/mol. The fourth-order valence-electron chi connectivity index (χ4n) is 5.40. The van der Waals surface area contributed by atoms with Crippen molar-refractivity contribution in [2.45, 2.75) is 71.9 Å². The highest BCUT2D eigenvalue weighted by atomic mass is 16.1. The minimum Gasteiger partial charge on any atom is -0.324 e. The summed E-state index contributed by atoms with van der Waals surface area (Å²) in [6, 6.07) is 9.34. The van der Waals surface area contributed by atoms with Crippen molar-refractivity contribution in [2.75, 3.05) is 25.5 Å². The predicted molar refractivity (Wildman–Crippen MR) is 154 cm³/mol. The number of aryl methyl sites for hydroxylation is 1. The van der Waals surface area contributed by atoms with E-state index in [1.807, 2.05) is 34.6 Å². The number of likely N-dealkylation sites (tertiary alicyclic amines) is 1. The van der Waals surface area contributed by atoms with Gasteiger partial charge in [-0.25, -0.2) is 19.0 Å². The van der Waals surface area contributed by atoms with E-state index in [4.69, 9.17) is 4.98 Å². The van der Waals surface area contributed by atoms with Crippen LogP contribution in [0.1, 0.15) is 70.5 Å². The fourth-order valence-corrected chi connectivity index (χ4v) is 5.40. The first-order valence-electron chi connectivity index (χ1n) is 13.6. The maximum Gasteiger partial charge on any atom is 0.278 e. The van der Waals surface area contributed by atoms with Gasteiger partial charge < -0.3 is 10.2 Å². The molecule has 10 heteroatoms. The van der Waals surface area contributed by atoms with Gasteiger partial charge in [0.1, 0.15) is 5.39 Å². The van der Waals surface area contributed by atoms with Crippen LogP contribution in [0.2, 0.25) is 0 Å². The van der Waals surface area contributed by atoms with Crippen molar-refractivity contribution in [1.29, 1.82) is 0 Å². The summed E-state index contributed by atoms with van der Waals surface area (Å²) < 4.78 is 4.72. The number of benzene rings is 1. The van der Waals surface area contributed by atoms with Crippen molar-refractivity contribution < 1.29 is 0 Å². The molecule has 39 heavy (non-hydrogen) atoms. The maximum absolute atomic E-state index is 13.4. The van der Waals surface area contributed by atoms with E-state index in [9.17, 15) is 9.59 Å². The molecule has 1 N–H and O–H groups in total. The number of fused-ring (bicyclic) bond motifs is 1. The predicted octanol–water partition coefficient (Wildman–Crippen LogP) is 4.34. The lowest BCUT2D eigenvalue weighted by Crippen LogP contribution is -2.36. The van der Waals surface area contributed by atoms with Crippen LogP contribution in [0.4, 0.5) is 11.6 Å². The number of hydrogen-bond acceptors (Lipinski definition) is 7. The number of anilines is 2. The first-order valence-corrected chi connectivity index (χ1v) is 13.6. The zero-order chi connectivity index (χ0) is 28.1. The van der Waals surface area contributed by atoms with Gasteiger partial charge in [0.05, 0.1) is 5.54 Å². The molecule has 1 saturated heterocycles. The normalized spacial score (nSPS) is 15.4. The van der Waals surface area contributed by atoms with E-state index in [1.165, 1.54) is 34.7 Å². The van der Waals surface area contributed by atoms with Gasteiger partial charge in [-0.05, 0) is 110 Å². The molecule has 1 aliphatic heterocycles. The smallest absolute Gasteiger partial charge is 0.278 e. The summed E-state index contributed by atoms with van der Waals surface area (Å²) in [6.45, 7) is 14.0. The molecule has 10 nitrogen and oxygen atoms in total. The highest BCUT2D eigenvalue weighted by Crippen LogP contribution is 2.31. The molecule has 0 bridgehead atoms. The molecule has 0 unspecified atom stereocenters. The Morgan fingerprint density at radius 3 is 2.41 bits per heavy atom. The topological polar surface area (TPSA) is 103 Å². The van der Waals surface area contributed by atoms with E-state index in [-0.39, 0.29) is 17.2 Å². The Hall–Kier alpha value is -3.79. The lowest BCUT2D eigenvalue weighted by Gasteiger charge is -2.30. The van der Waals surface area contributed by atoms with Crippen LogP contribution >= 0.6 is 0 Å². The summed E-state index contributed by atoms with van der Waals surface area (Å²) >= 11 is 0. The quantitative estimate of drug-likeness (QED) is 0.410. The second-order valence-corrected chi connectivity index (χ2v) is 11.9.